The Balaban J connectivity index is 2.57. The molecule has 0 N–H and O–H groups in total. The van der Waals surface area contributed by atoms with Crippen LogP contribution in [0.15, 0.2) is 0 Å². The molecule has 0 spiro atoms. The van der Waals surface area contributed by atoms with Gasteiger partial charge in [0.25, 0.3) is 0 Å². The maximum atomic E-state index is 11.3. The lowest BCUT2D eigenvalue weighted by atomic mass is 10.2. The third-order valence-corrected chi connectivity index (χ3v) is 3.00. The zero-order valence-corrected chi connectivity index (χ0v) is 8.19. The van der Waals surface area contributed by atoms with E-state index < -0.39 is 0 Å². The van der Waals surface area contributed by atoms with Gasteiger partial charge in [-0.15, -0.1) is 11.8 Å². The van der Waals surface area contributed by atoms with Crippen molar-refractivity contribution in [2.45, 2.75) is 19.9 Å². The summed E-state index contributed by atoms with van der Waals surface area (Å²) < 4.78 is 0. The highest BCUT2D eigenvalue weighted by atomic mass is 32.2. The van der Waals surface area contributed by atoms with E-state index in [0.29, 0.717) is 5.75 Å². The Morgan fingerprint density at radius 1 is 1.75 bits per heavy atom. The maximum absolute atomic E-state index is 11.3. The topological polar surface area (TPSA) is 37.4 Å². The Kier molecular flexibility index (Phi) is 3.14. The van der Waals surface area contributed by atoms with Crippen molar-refractivity contribution in [1.29, 1.82) is 0 Å². The molecule has 1 unspecified atom stereocenters. The highest BCUT2D eigenvalue weighted by Crippen LogP contribution is 2.16. The van der Waals surface area contributed by atoms with Gasteiger partial charge in [0, 0.05) is 11.8 Å². The van der Waals surface area contributed by atoms with E-state index in [0.717, 1.165) is 5.75 Å². The zero-order chi connectivity index (χ0) is 9.14. The lowest BCUT2D eigenvalue weighted by Crippen LogP contribution is -2.46. The van der Waals surface area contributed by atoms with Crippen LogP contribution in [0, 0.1) is 0 Å². The first-order valence-electron chi connectivity index (χ1n) is 3.98. The summed E-state index contributed by atoms with van der Waals surface area (Å²) in [6.45, 7) is 3.77. The fraction of sp³-hybridized carbons (Fsp3) is 0.750. The Bertz CT molecular complexity index is 205. The summed E-state index contributed by atoms with van der Waals surface area (Å²) in [6.07, 6.45) is 0. The van der Waals surface area contributed by atoms with Crippen molar-refractivity contribution in [3.63, 3.8) is 0 Å². The van der Waals surface area contributed by atoms with Crippen molar-refractivity contribution < 1.29 is 9.59 Å². The number of Topliss-reactive ketones (excluding diaryl/α,β-unsaturated/α-hetero) is 1. The van der Waals surface area contributed by atoms with Crippen molar-refractivity contribution in [3.8, 4) is 0 Å². The summed E-state index contributed by atoms with van der Waals surface area (Å²) in [5.74, 6) is 1.62. The predicted molar refractivity (Wildman–Crippen MR) is 49.2 cm³/mol. The smallest absolute Gasteiger partial charge is 0.233 e. The third-order valence-electron chi connectivity index (χ3n) is 1.83. The van der Waals surface area contributed by atoms with Crippen LogP contribution in [0.25, 0.3) is 0 Å². The minimum atomic E-state index is 0.0575. The van der Waals surface area contributed by atoms with E-state index in [2.05, 4.69) is 0 Å². The van der Waals surface area contributed by atoms with Gasteiger partial charge >= 0.3 is 0 Å². The molecule has 0 aromatic rings. The van der Waals surface area contributed by atoms with E-state index >= 15 is 0 Å². The number of carbonyl (C=O) groups excluding carboxylic acids is 2. The van der Waals surface area contributed by atoms with Gasteiger partial charge in [0.15, 0.2) is 0 Å². The van der Waals surface area contributed by atoms with Crippen molar-refractivity contribution >= 4 is 23.5 Å². The number of hydrogen-bond acceptors (Lipinski definition) is 3. The van der Waals surface area contributed by atoms with Crippen LogP contribution in [-0.4, -0.2) is 40.7 Å². The molecule has 3 nitrogen and oxygen atoms in total. The van der Waals surface area contributed by atoms with Crippen LogP contribution in [0.4, 0.5) is 0 Å². The SMILES string of the molecule is CC(=O)CN1C(=O)CSCC1C. The van der Waals surface area contributed by atoms with Gasteiger partial charge in [0.05, 0.1) is 12.3 Å². The summed E-state index contributed by atoms with van der Waals surface area (Å²) >= 11 is 1.64. The second-order valence-corrected chi connectivity index (χ2v) is 4.12. The van der Waals surface area contributed by atoms with E-state index in [1.807, 2.05) is 6.92 Å². The van der Waals surface area contributed by atoms with Crippen LogP contribution >= 0.6 is 11.8 Å². The van der Waals surface area contributed by atoms with E-state index in [1.54, 1.807) is 16.7 Å². The molecule has 0 aliphatic carbocycles. The van der Waals surface area contributed by atoms with Gasteiger partial charge in [0.1, 0.15) is 5.78 Å². The van der Waals surface area contributed by atoms with Crippen LogP contribution < -0.4 is 0 Å². The molecule has 1 heterocycles. The summed E-state index contributed by atoms with van der Waals surface area (Å²) in [5, 5.41) is 0. The Labute approximate surface area is 76.5 Å². The average Bonchev–Trinajstić information content (AvgIpc) is 1.97. The summed E-state index contributed by atoms with van der Waals surface area (Å²) in [5.41, 5.74) is 0. The van der Waals surface area contributed by atoms with Gasteiger partial charge in [-0.2, -0.15) is 0 Å². The van der Waals surface area contributed by atoms with Gasteiger partial charge < -0.3 is 4.90 Å². The molecule has 1 atom stereocenters. The van der Waals surface area contributed by atoms with Crippen LogP contribution in [0.5, 0.6) is 0 Å². The number of amides is 1. The molecule has 1 rings (SSSR count). The van der Waals surface area contributed by atoms with E-state index in [4.69, 9.17) is 0 Å². The summed E-state index contributed by atoms with van der Waals surface area (Å²) in [6, 6.07) is 0.208. The molecule has 0 bridgehead atoms. The quantitative estimate of drug-likeness (QED) is 0.633. The van der Waals surface area contributed by atoms with Crippen molar-refractivity contribution in [1.82, 2.24) is 4.90 Å². The molecule has 68 valence electrons. The van der Waals surface area contributed by atoms with E-state index in [9.17, 15) is 9.59 Å². The lowest BCUT2D eigenvalue weighted by molar-refractivity contribution is -0.134. The highest BCUT2D eigenvalue weighted by Gasteiger charge is 2.25. The Hall–Kier alpha value is -0.510. The first-order valence-corrected chi connectivity index (χ1v) is 5.13. The van der Waals surface area contributed by atoms with Crippen molar-refractivity contribution in [2.75, 3.05) is 18.1 Å². The summed E-state index contributed by atoms with van der Waals surface area (Å²) in [4.78, 5) is 23.8. The number of rotatable bonds is 2. The number of thioether (sulfide) groups is 1. The molecule has 1 saturated heterocycles. The van der Waals surface area contributed by atoms with Crippen LogP contribution in [0.3, 0.4) is 0 Å². The Morgan fingerprint density at radius 2 is 2.42 bits per heavy atom. The predicted octanol–water partition coefficient (Wildman–Crippen LogP) is 0.539. The first kappa shape index (κ1) is 9.58. The Morgan fingerprint density at radius 3 is 2.92 bits per heavy atom. The monoisotopic (exact) mass is 187 g/mol. The second kappa shape index (κ2) is 3.94. The molecular weight excluding hydrogens is 174 g/mol. The third kappa shape index (κ3) is 2.24. The van der Waals surface area contributed by atoms with Gasteiger partial charge in [0.2, 0.25) is 5.91 Å². The highest BCUT2D eigenvalue weighted by molar-refractivity contribution is 8.00. The van der Waals surface area contributed by atoms with E-state index in [-0.39, 0.29) is 24.3 Å². The normalized spacial score (nSPS) is 24.3. The van der Waals surface area contributed by atoms with Crippen molar-refractivity contribution in [2.24, 2.45) is 0 Å². The second-order valence-electron chi connectivity index (χ2n) is 3.09. The fourth-order valence-electron chi connectivity index (χ4n) is 1.22. The fourth-order valence-corrected chi connectivity index (χ4v) is 2.20. The van der Waals surface area contributed by atoms with E-state index in [1.165, 1.54) is 6.92 Å². The summed E-state index contributed by atoms with van der Waals surface area (Å²) in [7, 11) is 0. The largest absolute Gasteiger partial charge is 0.331 e. The number of hydrogen-bond donors (Lipinski definition) is 0. The molecule has 0 aromatic carbocycles. The molecule has 1 fully saturated rings. The average molecular weight is 187 g/mol. The molecule has 4 heteroatoms. The molecule has 1 amide bonds. The van der Waals surface area contributed by atoms with Crippen LogP contribution in [-0.2, 0) is 9.59 Å². The lowest BCUT2D eigenvalue weighted by Gasteiger charge is -2.31. The molecule has 1 aliphatic rings. The zero-order valence-electron chi connectivity index (χ0n) is 7.37. The molecule has 0 aromatic heterocycles. The molecule has 12 heavy (non-hydrogen) atoms. The van der Waals surface area contributed by atoms with Crippen LogP contribution in [0.1, 0.15) is 13.8 Å². The van der Waals surface area contributed by atoms with Gasteiger partial charge in [-0.1, -0.05) is 0 Å². The van der Waals surface area contributed by atoms with Gasteiger partial charge in [-0.25, -0.2) is 0 Å². The van der Waals surface area contributed by atoms with Crippen LogP contribution in [0.2, 0.25) is 0 Å². The minimum Gasteiger partial charge on any atom is -0.331 e. The molecule has 0 saturated carbocycles. The number of ketones is 1. The van der Waals surface area contributed by atoms with Gasteiger partial charge in [-0.3, -0.25) is 9.59 Å². The van der Waals surface area contributed by atoms with Crippen molar-refractivity contribution in [3.05, 3.63) is 0 Å². The minimum absolute atomic E-state index is 0.0575. The molecule has 0 radical (unpaired) electrons. The standard InChI is InChI=1S/C8H13NO2S/c1-6-4-12-5-8(11)9(6)3-7(2)10/h6H,3-5H2,1-2H3. The van der Waals surface area contributed by atoms with Gasteiger partial charge in [-0.05, 0) is 13.8 Å². The maximum Gasteiger partial charge on any atom is 0.233 e. The molecular formula is C8H13NO2S. The molecule has 1 aliphatic heterocycles. The first-order chi connectivity index (χ1) is 5.61. The number of nitrogens with zero attached hydrogens (tertiary/aromatic N) is 1. The number of carbonyl (C=O) groups is 2.